The minimum atomic E-state index is -0.159. The second-order valence-electron chi connectivity index (χ2n) is 3.43. The SMILES string of the molecule is O=c1[nH]ncc2cc(C=CCCCl)ccc12. The number of rotatable bonds is 3. The van der Waals surface area contributed by atoms with Crippen molar-refractivity contribution in [3.63, 3.8) is 0 Å². The minimum absolute atomic E-state index is 0.159. The summed E-state index contributed by atoms with van der Waals surface area (Å²) in [5.74, 6) is 0.616. The van der Waals surface area contributed by atoms with Crippen molar-refractivity contribution in [3.05, 3.63) is 46.4 Å². The summed E-state index contributed by atoms with van der Waals surface area (Å²) in [6.07, 6.45) is 6.49. The maximum absolute atomic E-state index is 11.4. The van der Waals surface area contributed by atoms with Crippen molar-refractivity contribution in [3.8, 4) is 0 Å². The molecule has 0 saturated carbocycles. The Hall–Kier alpha value is -1.61. The number of aromatic amines is 1. The van der Waals surface area contributed by atoms with Gasteiger partial charge in [0.15, 0.2) is 0 Å². The maximum atomic E-state index is 11.4. The third-order valence-corrected chi connectivity index (χ3v) is 2.49. The number of hydrogen-bond acceptors (Lipinski definition) is 2. The summed E-state index contributed by atoms with van der Waals surface area (Å²) in [4.78, 5) is 11.4. The van der Waals surface area contributed by atoms with E-state index in [1.165, 1.54) is 0 Å². The van der Waals surface area contributed by atoms with Crippen molar-refractivity contribution in [1.29, 1.82) is 0 Å². The summed E-state index contributed by atoms with van der Waals surface area (Å²) in [5, 5.41) is 7.67. The highest BCUT2D eigenvalue weighted by molar-refractivity contribution is 6.17. The van der Waals surface area contributed by atoms with Crippen LogP contribution in [0.5, 0.6) is 0 Å². The lowest BCUT2D eigenvalue weighted by atomic mass is 10.1. The Labute approximate surface area is 97.8 Å². The largest absolute Gasteiger partial charge is 0.272 e. The van der Waals surface area contributed by atoms with Crippen LogP contribution in [0.15, 0.2) is 35.3 Å². The van der Waals surface area contributed by atoms with E-state index in [0.29, 0.717) is 11.3 Å². The van der Waals surface area contributed by atoms with Crippen LogP contribution in [0.2, 0.25) is 0 Å². The first-order chi connectivity index (χ1) is 7.81. The Bertz CT molecular complexity index is 574. The number of aromatic nitrogens is 2. The van der Waals surface area contributed by atoms with Crippen molar-refractivity contribution in [2.24, 2.45) is 0 Å². The molecule has 1 heterocycles. The predicted molar refractivity (Wildman–Crippen MR) is 66.7 cm³/mol. The topological polar surface area (TPSA) is 45.8 Å². The van der Waals surface area contributed by atoms with Gasteiger partial charge in [0.05, 0.1) is 11.6 Å². The van der Waals surface area contributed by atoms with Gasteiger partial charge in [-0.15, -0.1) is 11.6 Å². The molecule has 0 aliphatic heterocycles. The number of H-pyrrole nitrogens is 1. The number of halogens is 1. The number of hydrogen-bond donors (Lipinski definition) is 1. The molecule has 0 atom stereocenters. The van der Waals surface area contributed by atoms with Crippen LogP contribution in [0.3, 0.4) is 0 Å². The summed E-state index contributed by atoms with van der Waals surface area (Å²) in [5.41, 5.74) is 0.888. The molecule has 0 fully saturated rings. The molecule has 0 bridgehead atoms. The van der Waals surface area contributed by atoms with Crippen LogP contribution in [-0.2, 0) is 0 Å². The zero-order valence-electron chi connectivity index (χ0n) is 8.61. The van der Waals surface area contributed by atoms with Gasteiger partial charge in [0.1, 0.15) is 0 Å². The van der Waals surface area contributed by atoms with E-state index in [9.17, 15) is 4.79 Å². The molecule has 1 N–H and O–H groups in total. The average molecular weight is 235 g/mol. The third-order valence-electron chi connectivity index (χ3n) is 2.28. The molecule has 82 valence electrons. The van der Waals surface area contributed by atoms with Crippen molar-refractivity contribution in [2.45, 2.75) is 6.42 Å². The Kier molecular flexibility index (Phi) is 3.37. The fourth-order valence-electron chi connectivity index (χ4n) is 1.50. The molecule has 0 unspecified atom stereocenters. The van der Waals surface area contributed by atoms with Crippen LogP contribution in [0.25, 0.3) is 16.8 Å². The van der Waals surface area contributed by atoms with E-state index in [-0.39, 0.29) is 5.56 Å². The quantitative estimate of drug-likeness (QED) is 0.830. The molecule has 1 aromatic carbocycles. The molecule has 1 aromatic heterocycles. The van der Waals surface area contributed by atoms with Gasteiger partial charge in [-0.2, -0.15) is 5.10 Å². The standard InChI is InChI=1S/C12H11ClN2O/c13-6-2-1-3-9-4-5-11-10(7-9)8-14-15-12(11)16/h1,3-5,7-8H,2,6H2,(H,15,16). The second-order valence-corrected chi connectivity index (χ2v) is 3.80. The Morgan fingerprint density at radius 3 is 3.12 bits per heavy atom. The minimum Gasteiger partial charge on any atom is -0.267 e. The van der Waals surface area contributed by atoms with Crippen molar-refractivity contribution < 1.29 is 0 Å². The molecule has 0 aliphatic rings. The maximum Gasteiger partial charge on any atom is 0.272 e. The lowest BCUT2D eigenvalue weighted by Crippen LogP contribution is -2.06. The number of fused-ring (bicyclic) bond motifs is 1. The molecule has 0 radical (unpaired) electrons. The zero-order valence-corrected chi connectivity index (χ0v) is 9.37. The summed E-state index contributed by atoms with van der Waals surface area (Å²) in [7, 11) is 0. The normalized spacial score (nSPS) is 11.3. The van der Waals surface area contributed by atoms with Crippen LogP contribution < -0.4 is 5.56 Å². The van der Waals surface area contributed by atoms with Crippen molar-refractivity contribution >= 4 is 28.4 Å². The van der Waals surface area contributed by atoms with Crippen LogP contribution in [0.4, 0.5) is 0 Å². The number of benzene rings is 1. The smallest absolute Gasteiger partial charge is 0.267 e. The fourth-order valence-corrected chi connectivity index (χ4v) is 1.63. The van der Waals surface area contributed by atoms with Crippen molar-refractivity contribution in [2.75, 3.05) is 5.88 Å². The molecular weight excluding hydrogens is 224 g/mol. The first-order valence-corrected chi connectivity index (χ1v) is 5.54. The molecule has 0 amide bonds. The lowest BCUT2D eigenvalue weighted by molar-refractivity contribution is 1.01. The monoisotopic (exact) mass is 234 g/mol. The van der Waals surface area contributed by atoms with E-state index in [2.05, 4.69) is 10.2 Å². The van der Waals surface area contributed by atoms with Gasteiger partial charge in [0, 0.05) is 11.3 Å². The third kappa shape index (κ3) is 2.31. The van der Waals surface area contributed by atoms with Gasteiger partial charge in [0.2, 0.25) is 0 Å². The van der Waals surface area contributed by atoms with Gasteiger partial charge in [-0.05, 0) is 24.1 Å². The van der Waals surface area contributed by atoms with Gasteiger partial charge in [0.25, 0.3) is 5.56 Å². The molecule has 0 saturated heterocycles. The van der Waals surface area contributed by atoms with E-state index in [0.717, 1.165) is 17.4 Å². The molecule has 3 nitrogen and oxygen atoms in total. The summed E-state index contributed by atoms with van der Waals surface area (Å²) in [6.45, 7) is 0. The van der Waals surface area contributed by atoms with Gasteiger partial charge >= 0.3 is 0 Å². The molecule has 0 spiro atoms. The van der Waals surface area contributed by atoms with Crippen molar-refractivity contribution in [1.82, 2.24) is 10.2 Å². The predicted octanol–water partition coefficient (Wildman–Crippen LogP) is 2.57. The molecule has 2 aromatic rings. The molecule has 4 heteroatoms. The van der Waals surface area contributed by atoms with Gasteiger partial charge in [-0.1, -0.05) is 18.2 Å². The van der Waals surface area contributed by atoms with Crippen LogP contribution in [0, 0.1) is 0 Å². The number of nitrogens with one attached hydrogen (secondary N) is 1. The summed E-state index contributed by atoms with van der Waals surface area (Å²) < 4.78 is 0. The summed E-state index contributed by atoms with van der Waals surface area (Å²) in [6, 6.07) is 5.64. The number of allylic oxidation sites excluding steroid dienone is 1. The van der Waals surface area contributed by atoms with Crippen LogP contribution >= 0.6 is 11.6 Å². The Balaban J connectivity index is 2.41. The zero-order chi connectivity index (χ0) is 11.4. The van der Waals surface area contributed by atoms with E-state index >= 15 is 0 Å². The highest BCUT2D eigenvalue weighted by atomic mass is 35.5. The average Bonchev–Trinajstić information content (AvgIpc) is 2.30. The number of alkyl halides is 1. The molecule has 0 aliphatic carbocycles. The Morgan fingerprint density at radius 2 is 2.31 bits per heavy atom. The summed E-state index contributed by atoms with van der Waals surface area (Å²) >= 11 is 5.58. The van der Waals surface area contributed by atoms with Gasteiger partial charge in [-0.3, -0.25) is 4.79 Å². The lowest BCUT2D eigenvalue weighted by Gasteiger charge is -1.97. The fraction of sp³-hybridized carbons (Fsp3) is 0.167. The molecule has 2 rings (SSSR count). The van der Waals surface area contributed by atoms with E-state index < -0.39 is 0 Å². The van der Waals surface area contributed by atoms with Crippen LogP contribution in [-0.4, -0.2) is 16.1 Å². The van der Waals surface area contributed by atoms with E-state index in [1.54, 1.807) is 12.3 Å². The number of nitrogens with zero attached hydrogens (tertiary/aromatic N) is 1. The van der Waals surface area contributed by atoms with E-state index in [4.69, 9.17) is 11.6 Å². The van der Waals surface area contributed by atoms with Gasteiger partial charge in [-0.25, -0.2) is 5.10 Å². The Morgan fingerprint density at radius 1 is 1.44 bits per heavy atom. The second kappa shape index (κ2) is 4.94. The highest BCUT2D eigenvalue weighted by Crippen LogP contribution is 2.12. The van der Waals surface area contributed by atoms with Crippen LogP contribution in [0.1, 0.15) is 12.0 Å². The first-order valence-electron chi connectivity index (χ1n) is 5.01. The molecular formula is C12H11ClN2O. The highest BCUT2D eigenvalue weighted by Gasteiger charge is 1.98. The first kappa shape index (κ1) is 10.9. The van der Waals surface area contributed by atoms with Gasteiger partial charge < -0.3 is 0 Å². The van der Waals surface area contributed by atoms with E-state index in [1.807, 2.05) is 24.3 Å². The molecule has 16 heavy (non-hydrogen) atoms.